The predicted octanol–water partition coefficient (Wildman–Crippen LogP) is 10.7. The number of anilines is 6. The van der Waals surface area contributed by atoms with Crippen molar-refractivity contribution < 1.29 is 0 Å². The molecule has 0 fully saturated rings. The van der Waals surface area contributed by atoms with Crippen molar-refractivity contribution in [1.29, 1.82) is 0 Å². The van der Waals surface area contributed by atoms with Crippen molar-refractivity contribution in [3.63, 3.8) is 0 Å². The van der Waals surface area contributed by atoms with E-state index in [1.807, 2.05) is 0 Å². The van der Waals surface area contributed by atoms with E-state index in [0.717, 1.165) is 0 Å². The third-order valence-corrected chi connectivity index (χ3v) is 10.7. The number of rotatable bonds is 2. The molecule has 0 unspecified atom stereocenters. The highest BCUT2D eigenvalue weighted by Crippen LogP contribution is 2.50. The quantitative estimate of drug-likeness (QED) is 0.175. The molecule has 0 aromatic heterocycles. The summed E-state index contributed by atoms with van der Waals surface area (Å²) < 4.78 is 0. The fourth-order valence-electron chi connectivity index (χ4n) is 8.52. The van der Waals surface area contributed by atoms with Crippen molar-refractivity contribution in [2.75, 3.05) is 9.80 Å². The third kappa shape index (κ3) is 4.41. The molecule has 2 aliphatic heterocycles. The minimum Gasteiger partial charge on any atom is -0.311 e. The van der Waals surface area contributed by atoms with E-state index in [4.69, 9.17) is 0 Å². The molecule has 238 valence electrons. The van der Waals surface area contributed by atoms with E-state index < -0.39 is 0 Å². The number of para-hydroxylation sites is 2. The largest absolute Gasteiger partial charge is 0.311 e. The summed E-state index contributed by atoms with van der Waals surface area (Å²) in [4.78, 5) is 5.18. The Morgan fingerprint density at radius 1 is 0.388 bits per heavy atom. The van der Waals surface area contributed by atoms with Gasteiger partial charge in [0.05, 0.1) is 11.4 Å². The van der Waals surface area contributed by atoms with Gasteiger partial charge >= 0.3 is 0 Å². The molecule has 3 heteroatoms. The van der Waals surface area contributed by atoms with Crippen molar-refractivity contribution in [3.8, 4) is 0 Å². The van der Waals surface area contributed by atoms with Gasteiger partial charge in [-0.15, -0.1) is 0 Å². The molecule has 0 aliphatic carbocycles. The van der Waals surface area contributed by atoms with Crippen molar-refractivity contribution in [2.24, 2.45) is 0 Å². The van der Waals surface area contributed by atoms with Crippen LogP contribution in [0.3, 0.4) is 0 Å². The zero-order valence-corrected chi connectivity index (χ0v) is 29.3. The number of hydrogen-bond donors (Lipinski definition) is 0. The maximum Gasteiger partial charge on any atom is 0.252 e. The molecule has 0 N–H and O–H groups in total. The standard InChI is InChI=1S/C46H41BN2/c1-45(2,3)34-28-26-30-16-7-9-18-32(30)43(34)48-38-22-13-11-20-36(38)47-37-21-12-14-23-39(37)49(41-25-15-24-40(48)42(41)47)44-33-19-10-8-17-31(33)27-29-35(44)46(4,5)6/h7-29H,1-6H3. The lowest BCUT2D eigenvalue weighted by Gasteiger charge is -2.46. The predicted molar refractivity (Wildman–Crippen MR) is 213 cm³/mol. The summed E-state index contributed by atoms with van der Waals surface area (Å²) in [5.41, 5.74) is 14.2. The molecule has 0 amide bonds. The van der Waals surface area contributed by atoms with Crippen LogP contribution in [-0.2, 0) is 10.8 Å². The molecule has 7 aromatic rings. The van der Waals surface area contributed by atoms with Gasteiger partial charge in [-0.3, -0.25) is 0 Å². The highest BCUT2D eigenvalue weighted by atomic mass is 15.2. The molecular formula is C46H41BN2. The van der Waals surface area contributed by atoms with Crippen LogP contribution in [0.5, 0.6) is 0 Å². The second kappa shape index (κ2) is 10.6. The van der Waals surface area contributed by atoms with Gasteiger partial charge in [0.2, 0.25) is 0 Å². The number of hydrogen-bond acceptors (Lipinski definition) is 2. The van der Waals surface area contributed by atoms with Crippen LogP contribution >= 0.6 is 0 Å². The van der Waals surface area contributed by atoms with E-state index in [0.29, 0.717) is 0 Å². The average molecular weight is 633 g/mol. The monoisotopic (exact) mass is 632 g/mol. The Morgan fingerprint density at radius 3 is 1.22 bits per heavy atom. The summed E-state index contributed by atoms with van der Waals surface area (Å²) in [6.07, 6.45) is 0. The lowest BCUT2D eigenvalue weighted by molar-refractivity contribution is 0.591. The van der Waals surface area contributed by atoms with Crippen LogP contribution in [0.25, 0.3) is 21.5 Å². The molecule has 0 saturated heterocycles. The molecule has 9 rings (SSSR count). The number of benzene rings is 7. The van der Waals surface area contributed by atoms with Gasteiger partial charge in [-0.25, -0.2) is 0 Å². The average Bonchev–Trinajstić information content (AvgIpc) is 3.10. The Kier molecular flexibility index (Phi) is 6.46. The number of fused-ring (bicyclic) bond motifs is 6. The topological polar surface area (TPSA) is 6.48 Å². The lowest BCUT2D eigenvalue weighted by Crippen LogP contribution is -2.61. The molecule has 0 saturated carbocycles. The first-order chi connectivity index (χ1) is 23.6. The smallest absolute Gasteiger partial charge is 0.252 e. The van der Waals surface area contributed by atoms with E-state index >= 15 is 0 Å². The SMILES string of the molecule is CC(C)(C)c1ccc2ccccc2c1N1c2ccccc2B2c3ccccc3N(c3c(C(C)(C)C)ccc4ccccc34)c3cccc1c32. The summed E-state index contributed by atoms with van der Waals surface area (Å²) in [7, 11) is 0. The molecule has 2 heterocycles. The minimum absolute atomic E-state index is 0.0663. The van der Waals surface area contributed by atoms with Crippen LogP contribution in [0.1, 0.15) is 52.7 Å². The van der Waals surface area contributed by atoms with Gasteiger partial charge in [-0.2, -0.15) is 0 Å². The summed E-state index contributed by atoms with van der Waals surface area (Å²) in [5.74, 6) is 0. The molecule has 7 aromatic carbocycles. The van der Waals surface area contributed by atoms with E-state index in [-0.39, 0.29) is 17.5 Å². The van der Waals surface area contributed by atoms with Gasteiger partial charge < -0.3 is 9.80 Å². The number of nitrogens with zero attached hydrogens (tertiary/aromatic N) is 2. The lowest BCUT2D eigenvalue weighted by atomic mass is 9.33. The van der Waals surface area contributed by atoms with Gasteiger partial charge in [0.15, 0.2) is 0 Å². The molecule has 0 bridgehead atoms. The summed E-state index contributed by atoms with van der Waals surface area (Å²) in [6, 6.07) is 52.3. The maximum absolute atomic E-state index is 2.59. The molecule has 2 aliphatic rings. The zero-order chi connectivity index (χ0) is 33.7. The first-order valence-corrected chi connectivity index (χ1v) is 17.6. The van der Waals surface area contributed by atoms with Gasteiger partial charge in [0, 0.05) is 33.5 Å². The second-order valence-electron chi connectivity index (χ2n) is 15.8. The van der Waals surface area contributed by atoms with Crippen molar-refractivity contribution in [1.82, 2.24) is 0 Å². The highest BCUT2D eigenvalue weighted by molar-refractivity contribution is 7.00. The van der Waals surface area contributed by atoms with Crippen molar-refractivity contribution in [2.45, 2.75) is 52.4 Å². The fraction of sp³-hybridized carbons (Fsp3) is 0.174. The minimum atomic E-state index is -0.0663. The van der Waals surface area contributed by atoms with E-state index in [1.165, 1.54) is 83.2 Å². The molecule has 2 nitrogen and oxygen atoms in total. The summed E-state index contributed by atoms with van der Waals surface area (Å²) in [6.45, 7) is 14.1. The van der Waals surface area contributed by atoms with Gasteiger partial charge in [0.25, 0.3) is 6.71 Å². The van der Waals surface area contributed by atoms with Gasteiger partial charge in [0.1, 0.15) is 0 Å². The third-order valence-electron chi connectivity index (χ3n) is 10.7. The fourth-order valence-corrected chi connectivity index (χ4v) is 8.52. The molecular weight excluding hydrogens is 591 g/mol. The molecule has 49 heavy (non-hydrogen) atoms. The first kappa shape index (κ1) is 29.8. The van der Waals surface area contributed by atoms with Crippen LogP contribution in [0.15, 0.2) is 140 Å². The van der Waals surface area contributed by atoms with Crippen LogP contribution in [0.2, 0.25) is 0 Å². The Morgan fingerprint density at radius 2 is 0.776 bits per heavy atom. The van der Waals surface area contributed by atoms with Crippen LogP contribution < -0.4 is 26.2 Å². The maximum atomic E-state index is 2.59. The Balaban J connectivity index is 1.43. The van der Waals surface area contributed by atoms with Crippen molar-refractivity contribution in [3.05, 3.63) is 151 Å². The summed E-state index contributed by atoms with van der Waals surface area (Å²) >= 11 is 0. The molecule has 0 radical (unpaired) electrons. The Hall–Kier alpha value is -5.28. The first-order valence-electron chi connectivity index (χ1n) is 17.6. The van der Waals surface area contributed by atoms with E-state index in [9.17, 15) is 0 Å². The van der Waals surface area contributed by atoms with E-state index in [2.05, 4.69) is 191 Å². The Labute approximate surface area is 290 Å². The van der Waals surface area contributed by atoms with Gasteiger partial charge in [-0.1, -0.05) is 157 Å². The molecule has 0 atom stereocenters. The second-order valence-corrected chi connectivity index (χ2v) is 15.8. The van der Waals surface area contributed by atoms with Crippen LogP contribution in [0.4, 0.5) is 34.1 Å². The van der Waals surface area contributed by atoms with Gasteiger partial charge in [-0.05, 0) is 73.4 Å². The van der Waals surface area contributed by atoms with E-state index in [1.54, 1.807) is 0 Å². The zero-order valence-electron chi connectivity index (χ0n) is 29.3. The molecule has 0 spiro atoms. The van der Waals surface area contributed by atoms with Crippen molar-refractivity contribution >= 4 is 78.8 Å². The Bertz CT molecular complexity index is 2280. The van der Waals surface area contributed by atoms with Crippen LogP contribution in [-0.4, -0.2) is 6.71 Å². The normalized spacial score (nSPS) is 13.8. The highest BCUT2D eigenvalue weighted by Gasteiger charge is 2.44. The summed E-state index contributed by atoms with van der Waals surface area (Å²) in [5, 5.41) is 5.07. The van der Waals surface area contributed by atoms with Crippen LogP contribution in [0, 0.1) is 0 Å².